The van der Waals surface area contributed by atoms with Crippen LogP contribution in [0.3, 0.4) is 0 Å². The van der Waals surface area contributed by atoms with Crippen molar-refractivity contribution in [2.45, 2.75) is 6.42 Å². The summed E-state index contributed by atoms with van der Waals surface area (Å²) in [5.41, 5.74) is 13.6. The molecule has 11 rings (SSSR count). The Hall–Kier alpha value is -6.06. The Balaban J connectivity index is 0.000000129. The van der Waals surface area contributed by atoms with Crippen molar-refractivity contribution in [2.75, 3.05) is 0 Å². The molecule has 5 radical (unpaired) electrons. The number of fused-ring (bicyclic) bond motifs is 13. The van der Waals surface area contributed by atoms with Gasteiger partial charge in [0.1, 0.15) is 0 Å². The Bertz CT molecular complexity index is 2570. The molecule has 2 aliphatic heterocycles. The summed E-state index contributed by atoms with van der Waals surface area (Å²) in [6.45, 7) is 0. The Morgan fingerprint density at radius 3 is 1.11 bits per heavy atom. The largest absolute Gasteiger partial charge is 0.355 e. The molecule has 53 heavy (non-hydrogen) atoms. The minimum atomic E-state index is 0. The maximum Gasteiger partial charge on any atom is 0.0659 e. The molecule has 0 saturated heterocycles. The number of aromatic amines is 2. The van der Waals surface area contributed by atoms with Gasteiger partial charge in [0.25, 0.3) is 0 Å². The van der Waals surface area contributed by atoms with Crippen LogP contribution in [0.25, 0.3) is 79.0 Å². The number of nitrogens with zero attached hydrogens (tertiary/aromatic N) is 2. The minimum absolute atomic E-state index is 0. The summed E-state index contributed by atoms with van der Waals surface area (Å²) in [5.74, 6) is 0. The van der Waals surface area contributed by atoms with Crippen LogP contribution in [0, 0.1) is 0 Å². The van der Waals surface area contributed by atoms with Crippen molar-refractivity contribution in [2.24, 2.45) is 0 Å². The van der Waals surface area contributed by atoms with Crippen LogP contribution >= 0.6 is 0 Å². The molecular formula is C47H34CoN4Si. The normalized spacial score (nSPS) is 11.6. The molecule has 0 fully saturated rings. The minimum Gasteiger partial charge on any atom is -0.355 e. The van der Waals surface area contributed by atoms with Crippen LogP contribution in [0.1, 0.15) is 33.9 Å². The number of aromatic nitrogens is 4. The van der Waals surface area contributed by atoms with Gasteiger partial charge in [0.15, 0.2) is 0 Å². The number of hydrogen-bond donors (Lipinski definition) is 2. The maximum absolute atomic E-state index is 4.62. The van der Waals surface area contributed by atoms with Crippen LogP contribution < -0.4 is 0 Å². The van der Waals surface area contributed by atoms with Gasteiger partial charge in [0, 0.05) is 49.8 Å². The first-order valence-electron chi connectivity index (χ1n) is 17.3. The second-order valence-electron chi connectivity index (χ2n) is 12.9. The van der Waals surface area contributed by atoms with E-state index in [0.717, 1.165) is 51.3 Å². The Morgan fingerprint density at radius 1 is 0.358 bits per heavy atom. The van der Waals surface area contributed by atoms with Gasteiger partial charge in [-0.2, -0.15) is 0 Å². The molecular weight excluding hydrogens is 708 g/mol. The molecule has 5 heterocycles. The smallest absolute Gasteiger partial charge is 0.0659 e. The molecule has 0 spiro atoms. The van der Waals surface area contributed by atoms with Crippen LogP contribution in [0.15, 0.2) is 158 Å². The van der Waals surface area contributed by atoms with Gasteiger partial charge in [0.2, 0.25) is 0 Å². The molecule has 6 heteroatoms. The summed E-state index contributed by atoms with van der Waals surface area (Å²) in [6.07, 6.45) is 9.15. The molecule has 3 aliphatic rings. The average molecular weight is 742 g/mol. The van der Waals surface area contributed by atoms with E-state index in [1.54, 1.807) is 0 Å². The first-order valence-corrected chi connectivity index (χ1v) is 17.3. The van der Waals surface area contributed by atoms with Crippen LogP contribution in [0.4, 0.5) is 0 Å². The molecule has 255 valence electrons. The van der Waals surface area contributed by atoms with E-state index in [1.165, 1.54) is 43.8 Å². The van der Waals surface area contributed by atoms with Crippen molar-refractivity contribution in [3.8, 4) is 11.1 Å². The fourth-order valence-corrected chi connectivity index (χ4v) is 6.91. The standard InChI is InChI=1S/C20H14N4.C14H10.C13H10.Co.Si/c1-2-14-10-16-5-6-18(23-16)12-20-8-7-19(24-20)11-17-4-3-15(22-17)9-13(1)21-14;1-2-6-12-10-14-8-4-3-7-13(14)9-11(12)5-1;1-3-7-12-10(5-1)9-11-6-2-4-8-13(11)12;;/h1-12,21-22H;1-10H;1-8H,9H2;;. The number of benzene rings is 5. The van der Waals surface area contributed by atoms with Crippen molar-refractivity contribution in [1.82, 2.24) is 19.9 Å². The Labute approximate surface area is 323 Å². The van der Waals surface area contributed by atoms with Crippen molar-refractivity contribution < 1.29 is 16.8 Å². The molecule has 2 N–H and O–H groups in total. The quantitative estimate of drug-likeness (QED) is 0.120. The predicted octanol–water partition coefficient (Wildman–Crippen LogP) is 11.5. The topological polar surface area (TPSA) is 57.4 Å². The van der Waals surface area contributed by atoms with E-state index in [-0.39, 0.29) is 27.7 Å². The van der Waals surface area contributed by atoms with E-state index in [0.29, 0.717) is 0 Å². The molecule has 0 saturated carbocycles. The molecule has 5 aromatic carbocycles. The number of hydrogen-bond acceptors (Lipinski definition) is 2. The molecule has 8 bridgehead atoms. The van der Waals surface area contributed by atoms with E-state index in [9.17, 15) is 0 Å². The van der Waals surface area contributed by atoms with Crippen molar-refractivity contribution in [3.05, 3.63) is 192 Å². The molecule has 0 amide bonds. The van der Waals surface area contributed by atoms with Gasteiger partial charge < -0.3 is 9.97 Å². The Kier molecular flexibility index (Phi) is 10.5. The van der Waals surface area contributed by atoms with Gasteiger partial charge in [0.05, 0.1) is 22.8 Å². The van der Waals surface area contributed by atoms with Gasteiger partial charge in [-0.15, -0.1) is 0 Å². The summed E-state index contributed by atoms with van der Waals surface area (Å²) in [6, 6.07) is 55.1. The van der Waals surface area contributed by atoms with Gasteiger partial charge >= 0.3 is 0 Å². The molecule has 3 aromatic heterocycles. The van der Waals surface area contributed by atoms with E-state index >= 15 is 0 Å². The van der Waals surface area contributed by atoms with Crippen molar-refractivity contribution in [3.63, 3.8) is 0 Å². The van der Waals surface area contributed by atoms with Crippen LogP contribution in [0.5, 0.6) is 0 Å². The zero-order chi connectivity index (χ0) is 34.0. The molecule has 0 unspecified atom stereocenters. The number of rotatable bonds is 0. The monoisotopic (exact) mass is 741 g/mol. The zero-order valence-corrected chi connectivity index (χ0v) is 30.8. The number of nitrogens with one attached hydrogen (secondary N) is 2. The second-order valence-corrected chi connectivity index (χ2v) is 12.9. The third kappa shape index (κ3) is 7.90. The van der Waals surface area contributed by atoms with E-state index in [2.05, 4.69) is 159 Å². The summed E-state index contributed by atoms with van der Waals surface area (Å²) < 4.78 is 0. The van der Waals surface area contributed by atoms with Crippen LogP contribution in [0.2, 0.25) is 0 Å². The molecule has 0 atom stereocenters. The molecule has 1 aliphatic carbocycles. The Morgan fingerprint density at radius 2 is 0.698 bits per heavy atom. The van der Waals surface area contributed by atoms with Gasteiger partial charge in [-0.05, 0) is 135 Å². The van der Waals surface area contributed by atoms with Crippen molar-refractivity contribution >= 4 is 78.9 Å². The summed E-state index contributed by atoms with van der Waals surface area (Å²) >= 11 is 0. The summed E-state index contributed by atoms with van der Waals surface area (Å²) in [5, 5.41) is 5.25. The first kappa shape index (κ1) is 35.4. The fraction of sp³-hybridized carbons (Fsp3) is 0.0213. The molecule has 4 nitrogen and oxygen atoms in total. The summed E-state index contributed by atoms with van der Waals surface area (Å²) in [7, 11) is 0. The van der Waals surface area contributed by atoms with Gasteiger partial charge in [-0.3, -0.25) is 0 Å². The van der Waals surface area contributed by atoms with Crippen LogP contribution in [-0.4, -0.2) is 30.9 Å². The summed E-state index contributed by atoms with van der Waals surface area (Å²) in [4.78, 5) is 16.0. The van der Waals surface area contributed by atoms with Crippen LogP contribution in [-0.2, 0) is 23.2 Å². The third-order valence-corrected chi connectivity index (χ3v) is 9.36. The SMILES string of the molecule is C1=Cc2cc3ccc(cc4ccc(cc5nc(cc1n2)C=C5)[nH]4)[nH]3.[Co].[Si].c1ccc2c(c1)Cc1ccccc1-2.c1ccc2cc3ccccc3cc2c1. The number of H-pyrrole nitrogens is 2. The van der Waals surface area contributed by atoms with Crippen molar-refractivity contribution in [1.29, 1.82) is 0 Å². The zero-order valence-electron chi connectivity index (χ0n) is 28.8. The fourth-order valence-electron chi connectivity index (χ4n) is 6.91. The molecule has 8 aromatic rings. The predicted molar refractivity (Wildman–Crippen MR) is 221 cm³/mol. The van der Waals surface area contributed by atoms with E-state index in [1.807, 2.05) is 42.5 Å². The second kappa shape index (κ2) is 15.7. The average Bonchev–Trinajstić information content (AvgIpc) is 4.02. The van der Waals surface area contributed by atoms with Gasteiger partial charge in [-0.1, -0.05) is 97.1 Å². The third-order valence-electron chi connectivity index (χ3n) is 9.36. The maximum atomic E-state index is 4.62. The van der Waals surface area contributed by atoms with Gasteiger partial charge in [-0.25, -0.2) is 9.97 Å². The van der Waals surface area contributed by atoms with E-state index < -0.39 is 0 Å². The first-order chi connectivity index (χ1) is 25.2. The van der Waals surface area contributed by atoms with E-state index in [4.69, 9.17) is 0 Å².